The molecule has 0 aliphatic carbocycles. The van der Waals surface area contributed by atoms with Crippen LogP contribution >= 0.6 is 0 Å². The van der Waals surface area contributed by atoms with E-state index in [4.69, 9.17) is 0 Å². The first-order valence-corrected chi connectivity index (χ1v) is 15.0. The molecule has 3 heteroatoms. The van der Waals surface area contributed by atoms with Gasteiger partial charge in [-0.05, 0) is 115 Å². The van der Waals surface area contributed by atoms with Crippen molar-refractivity contribution in [2.24, 2.45) is 0 Å². The normalized spacial score (nSPS) is 12.7. The minimum atomic E-state index is 0.670. The lowest BCUT2D eigenvalue weighted by molar-refractivity contribution is 0.256. The number of nitrogens with zero attached hydrogens (tertiary/aromatic N) is 3. The van der Waals surface area contributed by atoms with E-state index >= 15 is 0 Å². The molecule has 0 bridgehead atoms. The van der Waals surface area contributed by atoms with E-state index in [-0.39, 0.29) is 0 Å². The first kappa shape index (κ1) is 26.7. The lowest BCUT2D eigenvalue weighted by atomic mass is 9.82. The Morgan fingerprint density at radius 3 is 1.47 bits per heavy atom. The van der Waals surface area contributed by atoms with Gasteiger partial charge in [-0.2, -0.15) is 10.5 Å². The van der Waals surface area contributed by atoms with Crippen molar-refractivity contribution >= 4 is 21.5 Å². The Balaban J connectivity index is 1.62. The molecule has 1 aliphatic rings. The predicted octanol–water partition coefficient (Wildman–Crippen LogP) is 9.85. The van der Waals surface area contributed by atoms with Crippen LogP contribution in [0, 0.1) is 22.7 Å². The molecule has 0 N–H and O–H groups in total. The Hall–Kier alpha value is -5.22. The van der Waals surface area contributed by atoms with Crippen LogP contribution in [-0.4, -0.2) is 11.4 Å². The molecule has 0 fully saturated rings. The van der Waals surface area contributed by atoms with Crippen LogP contribution in [0.2, 0.25) is 0 Å². The molecule has 1 aliphatic heterocycles. The highest BCUT2D eigenvalue weighted by Gasteiger charge is 2.28. The molecule has 43 heavy (non-hydrogen) atoms. The van der Waals surface area contributed by atoms with Crippen LogP contribution in [0.3, 0.4) is 0 Å². The monoisotopic (exact) mass is 553 g/mol. The lowest BCUT2D eigenvalue weighted by Crippen LogP contribution is -2.23. The smallest absolute Gasteiger partial charge is 0.0991 e. The third-order valence-electron chi connectivity index (χ3n) is 8.81. The van der Waals surface area contributed by atoms with Crippen molar-refractivity contribution in [3.8, 4) is 45.5 Å². The van der Waals surface area contributed by atoms with Gasteiger partial charge in [-0.1, -0.05) is 86.1 Å². The van der Waals surface area contributed by atoms with E-state index in [1.165, 1.54) is 54.9 Å². The molecule has 6 aromatic rings. The van der Waals surface area contributed by atoms with Gasteiger partial charge in [0.05, 0.1) is 23.3 Å². The van der Waals surface area contributed by atoms with Gasteiger partial charge in [-0.3, -0.25) is 4.90 Å². The Labute approximate surface area is 252 Å². The first-order valence-electron chi connectivity index (χ1n) is 15.0. The van der Waals surface area contributed by atoms with Gasteiger partial charge >= 0.3 is 0 Å². The van der Waals surface area contributed by atoms with Gasteiger partial charge in [0.15, 0.2) is 0 Å². The summed E-state index contributed by atoms with van der Waals surface area (Å²) in [4.78, 5) is 2.61. The average molecular weight is 554 g/mol. The number of fused-ring (bicyclic) bond motifs is 7. The Kier molecular flexibility index (Phi) is 6.96. The summed E-state index contributed by atoms with van der Waals surface area (Å²) in [5, 5.41) is 23.9. The van der Waals surface area contributed by atoms with Gasteiger partial charge in [0.25, 0.3) is 0 Å². The fraction of sp³-hybridized carbons (Fsp3) is 0.150. The highest BCUT2D eigenvalue weighted by Crippen LogP contribution is 2.48. The van der Waals surface area contributed by atoms with Crippen LogP contribution < -0.4 is 0 Å². The van der Waals surface area contributed by atoms with Crippen LogP contribution in [0.15, 0.2) is 109 Å². The zero-order valence-corrected chi connectivity index (χ0v) is 24.3. The maximum Gasteiger partial charge on any atom is 0.0991 e. The summed E-state index contributed by atoms with van der Waals surface area (Å²) in [5.74, 6) is 0. The molecule has 0 amide bonds. The number of benzene rings is 6. The second-order valence-corrected chi connectivity index (χ2v) is 11.4. The van der Waals surface area contributed by atoms with Crippen molar-refractivity contribution < 1.29 is 0 Å². The molecule has 0 aromatic heterocycles. The van der Waals surface area contributed by atoms with Crippen LogP contribution in [-0.2, 0) is 13.1 Å². The van der Waals surface area contributed by atoms with Gasteiger partial charge in [0, 0.05) is 13.1 Å². The largest absolute Gasteiger partial charge is 0.295 e. The molecular weight excluding hydrogens is 522 g/mol. The van der Waals surface area contributed by atoms with Crippen LogP contribution in [0.1, 0.15) is 42.0 Å². The van der Waals surface area contributed by atoms with Gasteiger partial charge in [0.1, 0.15) is 0 Å². The minimum Gasteiger partial charge on any atom is -0.295 e. The number of rotatable bonds is 5. The van der Waals surface area contributed by atoms with E-state index < -0.39 is 0 Å². The lowest BCUT2D eigenvalue weighted by Gasteiger charge is -2.23. The van der Waals surface area contributed by atoms with E-state index in [0.717, 1.165) is 43.6 Å². The highest BCUT2D eigenvalue weighted by atomic mass is 15.1. The SMILES string of the molecule is CCCCN1Cc2c(-c3ccc(C#N)cc3)cc3ccccc3c2-c2c(c(-c3ccc(C#N)cc3)cc3ccccc23)C1. The second-order valence-electron chi connectivity index (χ2n) is 11.4. The Bertz CT molecular complexity index is 1930. The molecule has 0 atom stereocenters. The third-order valence-corrected chi connectivity index (χ3v) is 8.81. The third kappa shape index (κ3) is 4.75. The number of hydrogen-bond donors (Lipinski definition) is 0. The summed E-state index contributed by atoms with van der Waals surface area (Å²) < 4.78 is 0. The summed E-state index contributed by atoms with van der Waals surface area (Å²) in [6.45, 7) is 4.94. The van der Waals surface area contributed by atoms with E-state index in [0.29, 0.717) is 11.1 Å². The van der Waals surface area contributed by atoms with Crippen LogP contribution in [0.4, 0.5) is 0 Å². The molecule has 1 heterocycles. The fourth-order valence-electron chi connectivity index (χ4n) is 6.69. The summed E-state index contributed by atoms with van der Waals surface area (Å²) in [6, 6.07) is 42.8. The molecule has 0 spiro atoms. The number of nitriles is 2. The fourth-order valence-corrected chi connectivity index (χ4v) is 6.69. The van der Waals surface area contributed by atoms with E-state index in [1.54, 1.807) is 0 Å². The molecular formula is C40H31N3. The molecule has 3 nitrogen and oxygen atoms in total. The zero-order valence-electron chi connectivity index (χ0n) is 24.3. The molecule has 0 saturated heterocycles. The van der Waals surface area contributed by atoms with Crippen molar-refractivity contribution in [2.45, 2.75) is 32.9 Å². The van der Waals surface area contributed by atoms with E-state index in [2.05, 4.69) is 109 Å². The van der Waals surface area contributed by atoms with Crippen molar-refractivity contribution in [3.05, 3.63) is 131 Å². The summed E-state index contributed by atoms with van der Waals surface area (Å²) in [6.07, 6.45) is 2.26. The number of hydrogen-bond acceptors (Lipinski definition) is 3. The van der Waals surface area contributed by atoms with Crippen LogP contribution in [0.25, 0.3) is 54.9 Å². The predicted molar refractivity (Wildman–Crippen MR) is 176 cm³/mol. The van der Waals surface area contributed by atoms with Gasteiger partial charge in [-0.15, -0.1) is 0 Å². The first-order chi connectivity index (χ1) is 21.2. The topological polar surface area (TPSA) is 50.8 Å². The highest BCUT2D eigenvalue weighted by molar-refractivity contribution is 6.12. The summed E-state index contributed by atoms with van der Waals surface area (Å²) in [7, 11) is 0. The van der Waals surface area contributed by atoms with Gasteiger partial charge in [0.2, 0.25) is 0 Å². The van der Waals surface area contributed by atoms with Crippen molar-refractivity contribution in [2.75, 3.05) is 6.54 Å². The van der Waals surface area contributed by atoms with Gasteiger partial charge < -0.3 is 0 Å². The minimum absolute atomic E-state index is 0.670. The van der Waals surface area contributed by atoms with E-state index in [9.17, 15) is 10.5 Å². The Morgan fingerprint density at radius 2 is 1.05 bits per heavy atom. The molecule has 0 radical (unpaired) electrons. The van der Waals surface area contributed by atoms with E-state index in [1.807, 2.05) is 24.3 Å². The van der Waals surface area contributed by atoms with Crippen molar-refractivity contribution in [1.29, 1.82) is 10.5 Å². The summed E-state index contributed by atoms with van der Waals surface area (Å²) >= 11 is 0. The van der Waals surface area contributed by atoms with Crippen LogP contribution in [0.5, 0.6) is 0 Å². The summed E-state index contributed by atoms with van der Waals surface area (Å²) in [5.41, 5.74) is 11.3. The number of unbranched alkanes of at least 4 members (excludes halogenated alkanes) is 1. The second kappa shape index (κ2) is 11.2. The van der Waals surface area contributed by atoms with Gasteiger partial charge in [-0.25, -0.2) is 0 Å². The maximum atomic E-state index is 9.47. The quantitative estimate of drug-likeness (QED) is 0.213. The molecule has 6 aromatic carbocycles. The van der Waals surface area contributed by atoms with Crippen molar-refractivity contribution in [1.82, 2.24) is 4.90 Å². The zero-order chi connectivity index (χ0) is 29.3. The Morgan fingerprint density at radius 1 is 0.605 bits per heavy atom. The maximum absolute atomic E-state index is 9.47. The molecule has 0 unspecified atom stereocenters. The standard InChI is InChI=1S/C40H31N3/c1-2-3-20-43-25-37-35(29-16-12-27(23-41)13-17-29)21-31-8-4-6-10-33(31)39(37)40-34-11-7-5-9-32(34)22-36(38(40)26-43)30-18-14-28(24-42)15-19-30/h4-19,21-22H,2-3,20,25-26H2,1H3. The molecule has 7 rings (SSSR count). The molecule has 206 valence electrons. The molecule has 0 saturated carbocycles. The van der Waals surface area contributed by atoms with Crippen molar-refractivity contribution in [3.63, 3.8) is 0 Å². The average Bonchev–Trinajstić information content (AvgIpc) is 3.24.